The number of aryl methyl sites for hydroxylation is 2. The molecule has 0 bridgehead atoms. The van der Waals surface area contributed by atoms with Crippen LogP contribution in [0, 0.1) is 11.3 Å². The number of carbonyl (C=O) groups is 1. The van der Waals surface area contributed by atoms with Crippen molar-refractivity contribution in [2.45, 2.75) is 95.7 Å². The van der Waals surface area contributed by atoms with Gasteiger partial charge in [-0.1, -0.05) is 43.5 Å². The highest BCUT2D eigenvalue weighted by Gasteiger charge is 2.49. The third-order valence-electron chi connectivity index (χ3n) is 12.0. The topological polar surface area (TPSA) is 161 Å². The monoisotopic (exact) mass is 762 g/mol. The van der Waals surface area contributed by atoms with E-state index in [1.165, 1.54) is 13.2 Å². The van der Waals surface area contributed by atoms with E-state index in [0.29, 0.717) is 37.1 Å². The maximum absolute atomic E-state index is 14.8. The molecule has 10 nitrogen and oxygen atoms in total. The molecule has 0 aromatic heterocycles. The lowest BCUT2D eigenvalue weighted by molar-refractivity contribution is -0.131. The van der Waals surface area contributed by atoms with Gasteiger partial charge in [-0.25, -0.2) is 0 Å². The normalized spacial score (nSPS) is 18.0. The van der Waals surface area contributed by atoms with E-state index in [0.717, 1.165) is 91.2 Å². The number of ether oxygens (including phenoxy) is 2. The Morgan fingerprint density at radius 3 is 2.38 bits per heavy atom. The van der Waals surface area contributed by atoms with Crippen LogP contribution >= 0.6 is 0 Å². The molecule has 4 aromatic carbocycles. The summed E-state index contributed by atoms with van der Waals surface area (Å²) in [6.45, 7) is 0.554. The molecule has 296 valence electrons. The van der Waals surface area contributed by atoms with Crippen molar-refractivity contribution in [2.75, 3.05) is 19.0 Å². The number of anilines is 1. The van der Waals surface area contributed by atoms with Crippen LogP contribution in [0.5, 0.6) is 34.5 Å². The molecule has 3 aliphatic rings. The fourth-order valence-electron chi connectivity index (χ4n) is 9.13. The fourth-order valence-corrected chi connectivity index (χ4v) is 9.13. The van der Waals surface area contributed by atoms with Gasteiger partial charge in [0.2, 0.25) is 5.75 Å². The fraction of sp³-hybridized carbons (Fsp3) is 0.413. The van der Waals surface area contributed by atoms with Gasteiger partial charge in [-0.05, 0) is 140 Å². The Labute approximate surface area is 328 Å². The van der Waals surface area contributed by atoms with Gasteiger partial charge in [0.05, 0.1) is 25.2 Å². The second kappa shape index (κ2) is 17.2. The summed E-state index contributed by atoms with van der Waals surface area (Å²) in [5.41, 5.74) is 2.86. The Morgan fingerprint density at radius 1 is 0.839 bits per heavy atom. The van der Waals surface area contributed by atoms with E-state index in [1.807, 2.05) is 30.3 Å². The summed E-state index contributed by atoms with van der Waals surface area (Å²) in [7, 11) is 1.50. The number of phenolic OH excluding ortho intramolecular Hbond substituents is 4. The number of phenols is 4. The number of carbonyl (C=O) groups excluding carboxylic acids is 1. The molecule has 2 atom stereocenters. The molecule has 56 heavy (non-hydrogen) atoms. The van der Waals surface area contributed by atoms with Crippen molar-refractivity contribution in [1.82, 2.24) is 5.32 Å². The predicted octanol–water partition coefficient (Wildman–Crippen LogP) is 8.54. The van der Waals surface area contributed by atoms with Gasteiger partial charge in [-0.2, -0.15) is 0 Å². The molecule has 7 rings (SSSR count). The number of ketones is 1. The van der Waals surface area contributed by atoms with E-state index in [4.69, 9.17) is 9.47 Å². The Balaban J connectivity index is 1.16. The van der Waals surface area contributed by atoms with Crippen molar-refractivity contribution in [3.05, 3.63) is 101 Å². The highest BCUT2D eigenvalue weighted by atomic mass is 16.5. The molecule has 1 aliphatic heterocycles. The molecule has 0 amide bonds. The molecule has 0 unspecified atom stereocenters. The Morgan fingerprint density at radius 2 is 1.59 bits per heavy atom. The van der Waals surface area contributed by atoms with Gasteiger partial charge in [0, 0.05) is 24.1 Å². The standard InChI is InChI=1S/C46H54N2O8/c1-55-41-24-29(9-16-37(41)50)10-17-38(51)44(39(52)18-11-30-23-40(53)45(54)42(25-30)56-36-7-3-2-4-8-36)46(20-5-6-21-46)33-19-22-47-43(28-33)48-34-14-12-32-27-35(49)15-13-31(32)26-34/h9,12-16,19,23-28,36,38,44,47-51,53-54H,2-8,10-11,17-18,20-22H2,1H3/t38-,44-/m1/s1. The average Bonchev–Trinajstić information content (AvgIpc) is 3.70. The molecule has 7 N–H and O–H groups in total. The second-order valence-electron chi connectivity index (χ2n) is 15.7. The van der Waals surface area contributed by atoms with Crippen molar-refractivity contribution in [3.63, 3.8) is 0 Å². The summed E-state index contributed by atoms with van der Waals surface area (Å²) in [4.78, 5) is 14.8. The van der Waals surface area contributed by atoms with Crippen LogP contribution in [0.1, 0.15) is 81.8 Å². The number of aromatic hydroxyl groups is 4. The van der Waals surface area contributed by atoms with Crippen molar-refractivity contribution < 1.29 is 39.8 Å². The number of rotatable bonds is 15. The molecule has 0 radical (unpaired) electrons. The maximum Gasteiger partial charge on any atom is 0.200 e. The van der Waals surface area contributed by atoms with Crippen LogP contribution in [0.25, 0.3) is 10.8 Å². The van der Waals surface area contributed by atoms with Crippen LogP contribution in [0.15, 0.2) is 90.3 Å². The molecule has 1 heterocycles. The third-order valence-corrected chi connectivity index (χ3v) is 12.0. The number of nitrogens with one attached hydrogen (secondary N) is 2. The first-order chi connectivity index (χ1) is 27.1. The Bertz CT molecular complexity index is 2100. The van der Waals surface area contributed by atoms with E-state index in [-0.39, 0.29) is 47.1 Å². The summed E-state index contributed by atoms with van der Waals surface area (Å²) >= 11 is 0. The van der Waals surface area contributed by atoms with Gasteiger partial charge < -0.3 is 45.6 Å². The second-order valence-corrected chi connectivity index (χ2v) is 15.7. The SMILES string of the molecule is COc1cc(CC[C@@H](O)[C@H](C(=O)CCc2cc(O)c(O)c(OC3CCCCC3)c2)C2(C3=CCNC(Nc4ccc5cc(O)ccc5c4)=C3)CCCC2)ccc1O. The number of aliphatic hydroxyl groups is 1. The third kappa shape index (κ3) is 8.70. The van der Waals surface area contributed by atoms with Crippen molar-refractivity contribution in [3.8, 4) is 34.5 Å². The zero-order chi connectivity index (χ0) is 39.2. The highest BCUT2D eigenvalue weighted by Crippen LogP contribution is 2.53. The van der Waals surface area contributed by atoms with Gasteiger partial charge in [0.1, 0.15) is 17.4 Å². The van der Waals surface area contributed by atoms with E-state index in [9.17, 15) is 30.3 Å². The summed E-state index contributed by atoms with van der Waals surface area (Å²) in [5, 5.41) is 62.5. The molecule has 2 fully saturated rings. The van der Waals surface area contributed by atoms with E-state index in [2.05, 4.69) is 22.8 Å². The average molecular weight is 763 g/mol. The number of fused-ring (bicyclic) bond motifs is 1. The van der Waals surface area contributed by atoms with Crippen molar-refractivity contribution >= 4 is 22.2 Å². The molecule has 4 aromatic rings. The van der Waals surface area contributed by atoms with Gasteiger partial charge in [-0.15, -0.1) is 0 Å². The summed E-state index contributed by atoms with van der Waals surface area (Å²) in [6.07, 6.45) is 12.9. The summed E-state index contributed by atoms with van der Waals surface area (Å²) in [6, 6.07) is 19.6. The quantitative estimate of drug-likeness (QED) is 0.0585. The first-order valence-electron chi connectivity index (χ1n) is 20.1. The summed E-state index contributed by atoms with van der Waals surface area (Å²) < 4.78 is 11.5. The lowest BCUT2D eigenvalue weighted by atomic mass is 9.63. The lowest BCUT2D eigenvalue weighted by Gasteiger charge is -2.42. The number of aliphatic hydroxyl groups excluding tert-OH is 1. The van der Waals surface area contributed by atoms with Crippen LogP contribution in [0.3, 0.4) is 0 Å². The van der Waals surface area contributed by atoms with E-state index in [1.54, 1.807) is 30.3 Å². The lowest BCUT2D eigenvalue weighted by Crippen LogP contribution is -2.44. The predicted molar refractivity (Wildman–Crippen MR) is 217 cm³/mol. The van der Waals surface area contributed by atoms with Gasteiger partial charge in [0.25, 0.3) is 0 Å². The number of Topliss-reactive ketones (excluding diaryl/α,β-unsaturated/α-hetero) is 1. The minimum absolute atomic E-state index is 0.0253. The number of hydrogen-bond donors (Lipinski definition) is 7. The maximum atomic E-state index is 14.8. The number of dihydropyridines is 1. The van der Waals surface area contributed by atoms with Crippen LogP contribution in [0.4, 0.5) is 5.69 Å². The molecule has 2 aliphatic carbocycles. The zero-order valence-corrected chi connectivity index (χ0v) is 32.1. The van der Waals surface area contributed by atoms with Gasteiger partial charge in [0.15, 0.2) is 23.0 Å². The summed E-state index contributed by atoms with van der Waals surface area (Å²) in [5.74, 6) is 0.337. The Kier molecular flexibility index (Phi) is 12.0. The molecule has 0 spiro atoms. The molecular weight excluding hydrogens is 709 g/mol. The van der Waals surface area contributed by atoms with Crippen LogP contribution < -0.4 is 20.1 Å². The molecule has 2 saturated carbocycles. The Hall–Kier alpha value is -5.35. The van der Waals surface area contributed by atoms with Crippen LogP contribution in [-0.4, -0.2) is 57.2 Å². The van der Waals surface area contributed by atoms with Crippen molar-refractivity contribution in [1.29, 1.82) is 0 Å². The zero-order valence-electron chi connectivity index (χ0n) is 32.1. The molecule has 10 heteroatoms. The first-order valence-corrected chi connectivity index (χ1v) is 20.1. The molecule has 0 saturated heterocycles. The number of hydrogen-bond acceptors (Lipinski definition) is 10. The molecular formula is C46H54N2O8. The largest absolute Gasteiger partial charge is 0.508 e. The number of allylic oxidation sites excluding steroid dienone is 2. The van der Waals surface area contributed by atoms with Crippen LogP contribution in [-0.2, 0) is 17.6 Å². The first kappa shape index (κ1) is 38.9. The van der Waals surface area contributed by atoms with E-state index >= 15 is 0 Å². The minimum Gasteiger partial charge on any atom is -0.508 e. The number of benzene rings is 4. The smallest absolute Gasteiger partial charge is 0.200 e. The highest BCUT2D eigenvalue weighted by molar-refractivity contribution is 5.87. The minimum atomic E-state index is -0.962. The van der Waals surface area contributed by atoms with E-state index < -0.39 is 17.4 Å². The van der Waals surface area contributed by atoms with Gasteiger partial charge >= 0.3 is 0 Å². The van der Waals surface area contributed by atoms with Gasteiger partial charge in [-0.3, -0.25) is 4.79 Å². The number of methoxy groups -OCH3 is 1. The van der Waals surface area contributed by atoms with Crippen LogP contribution in [0.2, 0.25) is 0 Å². The van der Waals surface area contributed by atoms with Crippen molar-refractivity contribution in [2.24, 2.45) is 11.3 Å².